The van der Waals surface area contributed by atoms with Crippen molar-refractivity contribution in [3.8, 4) is 0 Å². The van der Waals surface area contributed by atoms with E-state index in [4.69, 9.17) is 9.47 Å². The summed E-state index contributed by atoms with van der Waals surface area (Å²) < 4.78 is 10.9. The van der Waals surface area contributed by atoms with Crippen LogP contribution in [0, 0.1) is 0 Å². The Morgan fingerprint density at radius 3 is 2.48 bits per heavy atom. The molecule has 0 radical (unpaired) electrons. The molecule has 2 fully saturated rings. The fourth-order valence-corrected chi connectivity index (χ4v) is 3.20. The van der Waals surface area contributed by atoms with Crippen LogP contribution < -0.4 is 10.2 Å². The molecule has 2 heterocycles. The number of anilines is 1. The molecule has 6 nitrogen and oxygen atoms in total. The molecule has 1 aromatic carbocycles. The van der Waals surface area contributed by atoms with Gasteiger partial charge in [0.2, 0.25) is 0 Å². The summed E-state index contributed by atoms with van der Waals surface area (Å²) in [7, 11) is 0. The lowest BCUT2D eigenvalue weighted by molar-refractivity contribution is 0.0195. The molecule has 1 atom stereocenters. The van der Waals surface area contributed by atoms with E-state index in [1.54, 1.807) is 4.90 Å². The van der Waals surface area contributed by atoms with E-state index in [-0.39, 0.29) is 12.1 Å². The zero-order chi connectivity index (χ0) is 17.9. The predicted octanol–water partition coefficient (Wildman–Crippen LogP) is 2.40. The number of benzene rings is 1. The minimum atomic E-state index is -0.461. The standard InChI is InChI=1S/C19H29N3O3/c1-19(2,3)25-18(23)22-9-8-20-17(14-22)15-4-6-16(7-5-15)21-10-12-24-13-11-21/h4-7,17,20H,8-14H2,1-3H3. The molecule has 25 heavy (non-hydrogen) atoms. The van der Waals surface area contributed by atoms with Gasteiger partial charge in [0.15, 0.2) is 0 Å². The molecular formula is C19H29N3O3. The summed E-state index contributed by atoms with van der Waals surface area (Å²) in [5.41, 5.74) is 1.97. The van der Waals surface area contributed by atoms with Gasteiger partial charge in [0.25, 0.3) is 0 Å². The van der Waals surface area contributed by atoms with Crippen LogP contribution in [0.4, 0.5) is 10.5 Å². The predicted molar refractivity (Wildman–Crippen MR) is 98.0 cm³/mol. The summed E-state index contributed by atoms with van der Waals surface area (Å²) in [6.07, 6.45) is -0.232. The number of ether oxygens (including phenoxy) is 2. The maximum absolute atomic E-state index is 12.3. The van der Waals surface area contributed by atoms with Crippen LogP contribution in [-0.4, -0.2) is 62.5 Å². The maximum Gasteiger partial charge on any atom is 0.410 e. The van der Waals surface area contributed by atoms with E-state index in [2.05, 4.69) is 34.5 Å². The van der Waals surface area contributed by atoms with Crippen molar-refractivity contribution in [2.24, 2.45) is 0 Å². The topological polar surface area (TPSA) is 54.0 Å². The molecule has 1 amide bonds. The van der Waals surface area contributed by atoms with Gasteiger partial charge in [0, 0.05) is 38.4 Å². The van der Waals surface area contributed by atoms with Crippen molar-refractivity contribution in [3.05, 3.63) is 29.8 Å². The fraction of sp³-hybridized carbons (Fsp3) is 0.632. The molecule has 2 aliphatic heterocycles. The number of nitrogens with one attached hydrogen (secondary N) is 1. The van der Waals surface area contributed by atoms with Gasteiger partial charge in [-0.15, -0.1) is 0 Å². The van der Waals surface area contributed by atoms with Crippen LogP contribution in [0.25, 0.3) is 0 Å². The fourth-order valence-electron chi connectivity index (χ4n) is 3.20. The highest BCUT2D eigenvalue weighted by molar-refractivity contribution is 5.68. The van der Waals surface area contributed by atoms with Crippen molar-refractivity contribution in [1.82, 2.24) is 10.2 Å². The number of carbonyl (C=O) groups excluding carboxylic acids is 1. The van der Waals surface area contributed by atoms with E-state index in [0.717, 1.165) is 32.8 Å². The second kappa shape index (κ2) is 7.62. The zero-order valence-electron chi connectivity index (χ0n) is 15.5. The lowest BCUT2D eigenvalue weighted by Crippen LogP contribution is -2.49. The smallest absolute Gasteiger partial charge is 0.410 e. The van der Waals surface area contributed by atoms with Gasteiger partial charge in [-0.3, -0.25) is 0 Å². The van der Waals surface area contributed by atoms with E-state index in [9.17, 15) is 4.79 Å². The van der Waals surface area contributed by atoms with Gasteiger partial charge >= 0.3 is 6.09 Å². The molecule has 3 rings (SSSR count). The molecular weight excluding hydrogens is 318 g/mol. The molecule has 0 aliphatic carbocycles. The molecule has 6 heteroatoms. The van der Waals surface area contributed by atoms with Crippen LogP contribution >= 0.6 is 0 Å². The summed E-state index contributed by atoms with van der Waals surface area (Å²) >= 11 is 0. The molecule has 1 aromatic rings. The largest absolute Gasteiger partial charge is 0.444 e. The summed E-state index contributed by atoms with van der Waals surface area (Å²) in [6, 6.07) is 8.77. The Balaban J connectivity index is 1.62. The van der Waals surface area contributed by atoms with Gasteiger partial charge in [-0.1, -0.05) is 12.1 Å². The lowest BCUT2D eigenvalue weighted by Gasteiger charge is -2.35. The van der Waals surface area contributed by atoms with E-state index in [1.807, 2.05) is 20.8 Å². The molecule has 138 valence electrons. The molecule has 1 N–H and O–H groups in total. The highest BCUT2D eigenvalue weighted by atomic mass is 16.6. The van der Waals surface area contributed by atoms with Crippen LogP contribution in [-0.2, 0) is 9.47 Å². The quantitative estimate of drug-likeness (QED) is 0.890. The first-order chi connectivity index (χ1) is 11.9. The number of morpholine rings is 1. The minimum absolute atomic E-state index is 0.139. The summed E-state index contributed by atoms with van der Waals surface area (Å²) in [5.74, 6) is 0. The number of carbonyl (C=O) groups is 1. The third-order valence-electron chi connectivity index (χ3n) is 4.50. The molecule has 0 spiro atoms. The number of rotatable bonds is 2. The van der Waals surface area contributed by atoms with Gasteiger partial charge < -0.3 is 24.6 Å². The van der Waals surface area contributed by atoms with Crippen LogP contribution in [0.2, 0.25) is 0 Å². The first-order valence-corrected chi connectivity index (χ1v) is 9.06. The Labute approximate surface area is 150 Å². The van der Waals surface area contributed by atoms with Gasteiger partial charge in [0.05, 0.1) is 19.3 Å². The van der Waals surface area contributed by atoms with Crippen molar-refractivity contribution in [1.29, 1.82) is 0 Å². The highest BCUT2D eigenvalue weighted by Gasteiger charge is 2.28. The lowest BCUT2D eigenvalue weighted by atomic mass is 10.0. The van der Waals surface area contributed by atoms with Gasteiger partial charge in [0.1, 0.15) is 5.60 Å². The van der Waals surface area contributed by atoms with Crippen LogP contribution in [0.15, 0.2) is 24.3 Å². The Morgan fingerprint density at radius 1 is 1.16 bits per heavy atom. The number of nitrogens with zero attached hydrogens (tertiary/aromatic N) is 2. The summed E-state index contributed by atoms with van der Waals surface area (Å²) in [4.78, 5) is 16.4. The zero-order valence-corrected chi connectivity index (χ0v) is 15.5. The van der Waals surface area contributed by atoms with Crippen molar-refractivity contribution >= 4 is 11.8 Å². The molecule has 2 saturated heterocycles. The molecule has 0 aromatic heterocycles. The molecule has 1 unspecified atom stereocenters. The third-order valence-corrected chi connectivity index (χ3v) is 4.50. The average molecular weight is 347 g/mol. The SMILES string of the molecule is CC(C)(C)OC(=O)N1CCNC(c2ccc(N3CCOCC3)cc2)C1. The van der Waals surface area contributed by atoms with E-state index in [1.165, 1.54) is 11.3 Å². The van der Waals surface area contributed by atoms with E-state index >= 15 is 0 Å². The average Bonchev–Trinajstić information content (AvgIpc) is 2.61. The number of hydrogen-bond acceptors (Lipinski definition) is 5. The first kappa shape index (κ1) is 18.0. The van der Waals surface area contributed by atoms with Crippen molar-refractivity contribution in [3.63, 3.8) is 0 Å². The van der Waals surface area contributed by atoms with Crippen LogP contribution in [0.1, 0.15) is 32.4 Å². The summed E-state index contributed by atoms with van der Waals surface area (Å²) in [5, 5.41) is 3.50. The van der Waals surface area contributed by atoms with Gasteiger partial charge in [-0.25, -0.2) is 4.79 Å². The van der Waals surface area contributed by atoms with E-state index in [0.29, 0.717) is 13.1 Å². The Morgan fingerprint density at radius 2 is 1.84 bits per heavy atom. The monoisotopic (exact) mass is 347 g/mol. The van der Waals surface area contributed by atoms with Crippen LogP contribution in [0.5, 0.6) is 0 Å². The molecule has 0 bridgehead atoms. The third kappa shape index (κ3) is 4.86. The van der Waals surface area contributed by atoms with Crippen molar-refractivity contribution in [2.45, 2.75) is 32.4 Å². The molecule has 2 aliphatic rings. The first-order valence-electron chi connectivity index (χ1n) is 9.06. The Bertz CT molecular complexity index is 577. The highest BCUT2D eigenvalue weighted by Crippen LogP contribution is 2.23. The van der Waals surface area contributed by atoms with Crippen molar-refractivity contribution in [2.75, 3.05) is 50.8 Å². The second-order valence-electron chi connectivity index (χ2n) is 7.62. The second-order valence-corrected chi connectivity index (χ2v) is 7.62. The normalized spacial score (nSPS) is 22.0. The minimum Gasteiger partial charge on any atom is -0.444 e. The van der Waals surface area contributed by atoms with Gasteiger partial charge in [-0.05, 0) is 38.5 Å². The molecule has 0 saturated carbocycles. The number of hydrogen-bond donors (Lipinski definition) is 1. The Kier molecular flexibility index (Phi) is 5.49. The maximum atomic E-state index is 12.3. The number of amides is 1. The van der Waals surface area contributed by atoms with Crippen LogP contribution in [0.3, 0.4) is 0 Å². The van der Waals surface area contributed by atoms with Gasteiger partial charge in [-0.2, -0.15) is 0 Å². The Hall–Kier alpha value is -1.79. The number of piperazine rings is 1. The van der Waals surface area contributed by atoms with Crippen molar-refractivity contribution < 1.29 is 14.3 Å². The van der Waals surface area contributed by atoms with E-state index < -0.39 is 5.60 Å². The summed E-state index contributed by atoms with van der Waals surface area (Å²) in [6.45, 7) is 11.2.